The molecule has 24 heavy (non-hydrogen) atoms. The molecule has 0 radical (unpaired) electrons. The summed E-state index contributed by atoms with van der Waals surface area (Å²) in [7, 11) is 1.43. The minimum Gasteiger partial charge on any atom is -0.494 e. The first-order valence-electron chi connectivity index (χ1n) is 6.80. The average Bonchev–Trinajstić information content (AvgIpc) is 3.05. The van der Waals surface area contributed by atoms with Gasteiger partial charge in [0.05, 0.1) is 22.8 Å². The molecule has 0 fully saturated rings. The monoisotopic (exact) mass is 379 g/mol. The molecule has 0 aliphatic heterocycles. The van der Waals surface area contributed by atoms with Crippen molar-refractivity contribution in [1.82, 2.24) is 9.97 Å². The fraction of sp³-hybridized carbons (Fsp3) is 0.0625. The number of amides is 1. The van der Waals surface area contributed by atoms with Crippen molar-refractivity contribution < 1.29 is 9.53 Å². The third-order valence-electron chi connectivity index (χ3n) is 3.14. The number of methoxy groups -OCH3 is 1. The van der Waals surface area contributed by atoms with E-state index in [1.54, 1.807) is 18.3 Å². The molecular formula is C16H11Cl2N3O2S. The maximum atomic E-state index is 12.5. The second-order valence-corrected chi connectivity index (χ2v) is 6.32. The molecule has 2 heterocycles. The number of nitrogens with zero attached hydrogens (tertiary/aromatic N) is 2. The van der Waals surface area contributed by atoms with Gasteiger partial charge in [0.1, 0.15) is 11.3 Å². The van der Waals surface area contributed by atoms with Gasteiger partial charge in [-0.05, 0) is 24.3 Å². The van der Waals surface area contributed by atoms with Gasteiger partial charge in [0.2, 0.25) is 0 Å². The van der Waals surface area contributed by atoms with E-state index in [0.717, 1.165) is 5.69 Å². The number of ether oxygens (including phenoxy) is 1. The first kappa shape index (κ1) is 16.7. The molecule has 0 aliphatic rings. The highest BCUT2D eigenvalue weighted by atomic mass is 35.5. The highest BCUT2D eigenvalue weighted by molar-refractivity contribution is 7.14. The Morgan fingerprint density at radius 3 is 2.67 bits per heavy atom. The number of carbonyl (C=O) groups is 1. The second-order valence-electron chi connectivity index (χ2n) is 4.64. The fourth-order valence-electron chi connectivity index (χ4n) is 2.07. The van der Waals surface area contributed by atoms with E-state index in [-0.39, 0.29) is 16.3 Å². The number of anilines is 1. The zero-order chi connectivity index (χ0) is 17.1. The standard InChI is InChI=1S/C16H11Cl2N3O2S/c1-23-14-10(18)6-5-9(17)13(14)15(22)21-16-20-12(8-24-16)11-4-2-3-7-19-11/h2-8H,1H3,(H,20,21,22). The Morgan fingerprint density at radius 2 is 1.96 bits per heavy atom. The Hall–Kier alpha value is -2.15. The number of hydrogen-bond acceptors (Lipinski definition) is 5. The van der Waals surface area contributed by atoms with Gasteiger partial charge in [-0.25, -0.2) is 4.98 Å². The summed E-state index contributed by atoms with van der Waals surface area (Å²) in [5.41, 5.74) is 1.58. The van der Waals surface area contributed by atoms with Gasteiger partial charge < -0.3 is 4.74 Å². The number of carbonyl (C=O) groups excluding carboxylic acids is 1. The largest absolute Gasteiger partial charge is 0.494 e. The highest BCUT2D eigenvalue weighted by Crippen LogP contribution is 2.34. The van der Waals surface area contributed by atoms with Gasteiger partial charge in [-0.15, -0.1) is 11.3 Å². The molecule has 1 aromatic carbocycles. The minimum absolute atomic E-state index is 0.168. The van der Waals surface area contributed by atoms with E-state index in [0.29, 0.717) is 15.8 Å². The number of hydrogen-bond donors (Lipinski definition) is 1. The summed E-state index contributed by atoms with van der Waals surface area (Å²) in [4.78, 5) is 21.1. The molecule has 122 valence electrons. The van der Waals surface area contributed by atoms with Gasteiger partial charge in [-0.1, -0.05) is 29.3 Å². The van der Waals surface area contributed by atoms with Gasteiger partial charge >= 0.3 is 0 Å². The topological polar surface area (TPSA) is 64.1 Å². The first-order chi connectivity index (χ1) is 11.6. The summed E-state index contributed by atoms with van der Waals surface area (Å²) in [6.45, 7) is 0. The lowest BCUT2D eigenvalue weighted by Crippen LogP contribution is -2.14. The average molecular weight is 380 g/mol. The molecule has 2 aromatic heterocycles. The fourth-order valence-corrected chi connectivity index (χ4v) is 3.24. The van der Waals surface area contributed by atoms with Gasteiger partial charge in [0.15, 0.2) is 10.9 Å². The molecule has 3 rings (SSSR count). The lowest BCUT2D eigenvalue weighted by molar-refractivity contribution is 0.102. The number of halogens is 2. The van der Waals surface area contributed by atoms with Crippen LogP contribution in [0.5, 0.6) is 5.75 Å². The zero-order valence-electron chi connectivity index (χ0n) is 12.4. The highest BCUT2D eigenvalue weighted by Gasteiger charge is 2.20. The maximum absolute atomic E-state index is 12.5. The van der Waals surface area contributed by atoms with E-state index in [9.17, 15) is 4.79 Å². The Bertz CT molecular complexity index is 884. The molecule has 5 nitrogen and oxygen atoms in total. The van der Waals surface area contributed by atoms with E-state index in [2.05, 4.69) is 15.3 Å². The van der Waals surface area contributed by atoms with Gasteiger partial charge in [-0.2, -0.15) is 0 Å². The lowest BCUT2D eigenvalue weighted by Gasteiger charge is -2.11. The Kier molecular flexibility index (Phi) is 4.99. The van der Waals surface area contributed by atoms with Crippen molar-refractivity contribution in [3.05, 3.63) is 57.5 Å². The minimum atomic E-state index is -0.443. The van der Waals surface area contributed by atoms with E-state index < -0.39 is 5.91 Å². The molecule has 0 aliphatic carbocycles. The molecule has 1 N–H and O–H groups in total. The Morgan fingerprint density at radius 1 is 1.17 bits per heavy atom. The normalized spacial score (nSPS) is 10.5. The van der Waals surface area contributed by atoms with Crippen molar-refractivity contribution in [3.8, 4) is 17.1 Å². The summed E-state index contributed by atoms with van der Waals surface area (Å²) in [5.74, 6) is -0.218. The van der Waals surface area contributed by atoms with E-state index >= 15 is 0 Å². The van der Waals surface area contributed by atoms with Crippen molar-refractivity contribution in [2.24, 2.45) is 0 Å². The van der Waals surface area contributed by atoms with Crippen molar-refractivity contribution in [3.63, 3.8) is 0 Å². The molecule has 0 unspecified atom stereocenters. The number of aromatic nitrogens is 2. The van der Waals surface area contributed by atoms with Crippen LogP contribution in [0.2, 0.25) is 10.0 Å². The van der Waals surface area contributed by atoms with Crippen LogP contribution in [0.3, 0.4) is 0 Å². The predicted octanol–water partition coefficient (Wildman–Crippen LogP) is 4.77. The van der Waals surface area contributed by atoms with Crippen molar-refractivity contribution in [2.45, 2.75) is 0 Å². The van der Waals surface area contributed by atoms with Crippen LogP contribution in [0, 0.1) is 0 Å². The van der Waals surface area contributed by atoms with Crippen molar-refractivity contribution in [1.29, 1.82) is 0 Å². The third kappa shape index (κ3) is 3.36. The van der Waals surface area contributed by atoms with Crippen LogP contribution in [0.4, 0.5) is 5.13 Å². The molecule has 0 saturated carbocycles. The van der Waals surface area contributed by atoms with Crippen LogP contribution < -0.4 is 10.1 Å². The smallest absolute Gasteiger partial charge is 0.262 e. The summed E-state index contributed by atoms with van der Waals surface area (Å²) in [5, 5.41) is 5.50. The molecule has 0 saturated heterocycles. The predicted molar refractivity (Wildman–Crippen MR) is 96.3 cm³/mol. The van der Waals surface area contributed by atoms with Crippen LogP contribution in [0.25, 0.3) is 11.4 Å². The number of rotatable bonds is 4. The third-order valence-corrected chi connectivity index (χ3v) is 4.51. The number of benzene rings is 1. The summed E-state index contributed by atoms with van der Waals surface area (Å²) in [6, 6.07) is 8.66. The van der Waals surface area contributed by atoms with Gasteiger partial charge in [0.25, 0.3) is 5.91 Å². The molecule has 8 heteroatoms. The molecule has 1 amide bonds. The van der Waals surface area contributed by atoms with Crippen molar-refractivity contribution in [2.75, 3.05) is 12.4 Å². The molecule has 0 bridgehead atoms. The lowest BCUT2D eigenvalue weighted by atomic mass is 10.2. The van der Waals surface area contributed by atoms with Gasteiger partial charge in [-0.3, -0.25) is 15.1 Å². The molecule has 0 spiro atoms. The summed E-state index contributed by atoms with van der Waals surface area (Å²) >= 11 is 13.5. The van der Waals surface area contributed by atoms with Crippen LogP contribution in [0.1, 0.15) is 10.4 Å². The van der Waals surface area contributed by atoms with E-state index in [1.165, 1.54) is 18.4 Å². The quantitative estimate of drug-likeness (QED) is 0.708. The van der Waals surface area contributed by atoms with Crippen molar-refractivity contribution >= 4 is 45.6 Å². The Labute approximate surface area is 152 Å². The molecule has 3 aromatic rings. The summed E-state index contributed by atoms with van der Waals surface area (Å²) in [6.07, 6.45) is 1.68. The van der Waals surface area contributed by atoms with E-state index in [1.807, 2.05) is 23.6 Å². The zero-order valence-corrected chi connectivity index (χ0v) is 14.7. The van der Waals surface area contributed by atoms with Crippen LogP contribution >= 0.6 is 34.5 Å². The first-order valence-corrected chi connectivity index (χ1v) is 8.44. The number of pyridine rings is 1. The van der Waals surface area contributed by atoms with Crippen LogP contribution in [-0.2, 0) is 0 Å². The second kappa shape index (κ2) is 7.17. The van der Waals surface area contributed by atoms with E-state index in [4.69, 9.17) is 27.9 Å². The SMILES string of the molecule is COc1c(Cl)ccc(Cl)c1C(=O)Nc1nc(-c2ccccn2)cs1. The number of thiazole rings is 1. The number of nitrogens with one attached hydrogen (secondary N) is 1. The maximum Gasteiger partial charge on any atom is 0.262 e. The Balaban J connectivity index is 1.87. The summed E-state index contributed by atoms with van der Waals surface area (Å²) < 4.78 is 5.19. The molecule has 0 atom stereocenters. The van der Waals surface area contributed by atoms with Crippen LogP contribution in [-0.4, -0.2) is 23.0 Å². The van der Waals surface area contributed by atoms with Crippen LogP contribution in [0.15, 0.2) is 41.9 Å². The molecular weight excluding hydrogens is 369 g/mol. The van der Waals surface area contributed by atoms with Gasteiger partial charge in [0, 0.05) is 11.6 Å².